The van der Waals surface area contributed by atoms with E-state index in [0.29, 0.717) is 17.9 Å². The van der Waals surface area contributed by atoms with E-state index in [4.69, 9.17) is 16.3 Å². The van der Waals surface area contributed by atoms with Gasteiger partial charge in [-0.3, -0.25) is 0 Å². The number of para-hydroxylation sites is 1. The minimum absolute atomic E-state index is 0.237. The van der Waals surface area contributed by atoms with Crippen molar-refractivity contribution < 1.29 is 9.13 Å². The number of nitrogens with zero attached hydrogens (tertiary/aromatic N) is 2. The molecule has 18 heavy (non-hydrogen) atoms. The first kappa shape index (κ1) is 13.3. The first-order valence-corrected chi connectivity index (χ1v) is 6.26. The van der Waals surface area contributed by atoms with Crippen LogP contribution in [0, 0.1) is 5.82 Å². The molecule has 1 aromatic heterocycles. The van der Waals surface area contributed by atoms with Gasteiger partial charge in [-0.25, -0.2) is 9.37 Å². The van der Waals surface area contributed by atoms with Crippen molar-refractivity contribution in [2.75, 3.05) is 13.7 Å². The highest BCUT2D eigenvalue weighted by atomic mass is 35.5. The Hall–Kier alpha value is -1.13. The molecule has 1 heterocycles. The molecule has 0 bridgehead atoms. The molecule has 0 fully saturated rings. The van der Waals surface area contributed by atoms with E-state index in [1.807, 2.05) is 24.5 Å². The zero-order valence-corrected chi connectivity index (χ0v) is 11.5. The first-order valence-electron chi connectivity index (χ1n) is 5.72. The number of benzene rings is 1. The third-order valence-electron chi connectivity index (χ3n) is 2.93. The maximum absolute atomic E-state index is 13.7. The van der Waals surface area contributed by atoms with Crippen molar-refractivity contribution in [2.45, 2.75) is 25.3 Å². The van der Waals surface area contributed by atoms with Crippen molar-refractivity contribution in [3.05, 3.63) is 29.8 Å². The Morgan fingerprint density at radius 2 is 2.17 bits per heavy atom. The minimum Gasteiger partial charge on any atom is -0.382 e. The number of halogens is 2. The van der Waals surface area contributed by atoms with Crippen LogP contribution in [0.2, 0.25) is 0 Å². The van der Waals surface area contributed by atoms with Crippen LogP contribution in [0.4, 0.5) is 4.39 Å². The van der Waals surface area contributed by atoms with Crippen LogP contribution in [0.5, 0.6) is 0 Å². The molecule has 0 amide bonds. The molecule has 0 saturated carbocycles. The lowest BCUT2D eigenvalue weighted by atomic mass is 10.1. The standard InChI is InChI=1S/C13H16ClFN2O/c1-13(2,8-18-3)17-10-6-4-5-9(15)12(10)16-11(17)7-14/h4-6H,7-8H2,1-3H3. The average molecular weight is 271 g/mol. The fraction of sp³-hybridized carbons (Fsp3) is 0.462. The smallest absolute Gasteiger partial charge is 0.151 e. The number of imidazole rings is 1. The molecular weight excluding hydrogens is 255 g/mol. The molecule has 5 heteroatoms. The number of fused-ring (bicyclic) bond motifs is 1. The van der Waals surface area contributed by atoms with E-state index in [2.05, 4.69) is 4.98 Å². The predicted octanol–water partition coefficient (Wildman–Crippen LogP) is 3.30. The summed E-state index contributed by atoms with van der Waals surface area (Å²) in [7, 11) is 1.64. The third-order valence-corrected chi connectivity index (χ3v) is 3.17. The number of ether oxygens (including phenoxy) is 1. The van der Waals surface area contributed by atoms with E-state index in [0.717, 1.165) is 5.52 Å². The molecule has 1 aromatic carbocycles. The van der Waals surface area contributed by atoms with Crippen molar-refractivity contribution in [1.82, 2.24) is 9.55 Å². The molecule has 0 saturated heterocycles. The van der Waals surface area contributed by atoms with Gasteiger partial charge in [-0.1, -0.05) is 6.07 Å². The third kappa shape index (κ3) is 2.10. The summed E-state index contributed by atoms with van der Waals surface area (Å²) in [6.07, 6.45) is 0. The van der Waals surface area contributed by atoms with Crippen LogP contribution in [-0.2, 0) is 16.2 Å². The molecule has 2 aromatic rings. The summed E-state index contributed by atoms with van der Waals surface area (Å²) in [5, 5.41) is 0. The number of aromatic nitrogens is 2. The lowest BCUT2D eigenvalue weighted by Crippen LogP contribution is -2.32. The van der Waals surface area contributed by atoms with E-state index >= 15 is 0 Å². The Morgan fingerprint density at radius 1 is 1.44 bits per heavy atom. The lowest BCUT2D eigenvalue weighted by molar-refractivity contribution is 0.110. The Bertz CT molecular complexity index is 565. The second-order valence-corrected chi connectivity index (χ2v) is 5.12. The van der Waals surface area contributed by atoms with E-state index in [9.17, 15) is 4.39 Å². The van der Waals surface area contributed by atoms with Crippen molar-refractivity contribution >= 4 is 22.6 Å². The monoisotopic (exact) mass is 270 g/mol. The Balaban J connectivity index is 2.71. The van der Waals surface area contributed by atoms with Gasteiger partial charge < -0.3 is 9.30 Å². The van der Waals surface area contributed by atoms with Crippen LogP contribution in [0.15, 0.2) is 18.2 Å². The molecular formula is C13H16ClFN2O. The molecule has 98 valence electrons. The molecule has 2 rings (SSSR count). The van der Waals surface area contributed by atoms with E-state index in [1.54, 1.807) is 13.2 Å². The van der Waals surface area contributed by atoms with Gasteiger partial charge in [0.2, 0.25) is 0 Å². The number of hydrogen-bond donors (Lipinski definition) is 0. The maximum Gasteiger partial charge on any atom is 0.151 e. The van der Waals surface area contributed by atoms with Gasteiger partial charge in [0.15, 0.2) is 5.82 Å². The van der Waals surface area contributed by atoms with Crippen LogP contribution >= 0.6 is 11.6 Å². The Labute approximate surface area is 111 Å². The van der Waals surface area contributed by atoms with Gasteiger partial charge in [0.1, 0.15) is 11.3 Å². The second-order valence-electron chi connectivity index (χ2n) is 4.85. The summed E-state index contributed by atoms with van der Waals surface area (Å²) in [4.78, 5) is 4.28. The molecule has 0 aliphatic rings. The van der Waals surface area contributed by atoms with Gasteiger partial charge >= 0.3 is 0 Å². The van der Waals surface area contributed by atoms with E-state index < -0.39 is 0 Å². The van der Waals surface area contributed by atoms with Gasteiger partial charge in [0, 0.05) is 7.11 Å². The second kappa shape index (κ2) is 4.86. The fourth-order valence-corrected chi connectivity index (χ4v) is 2.48. The molecule has 0 aliphatic carbocycles. The van der Waals surface area contributed by atoms with Crippen molar-refractivity contribution in [3.63, 3.8) is 0 Å². The van der Waals surface area contributed by atoms with Gasteiger partial charge in [-0.15, -0.1) is 11.6 Å². The van der Waals surface area contributed by atoms with Crippen molar-refractivity contribution in [2.24, 2.45) is 0 Å². The maximum atomic E-state index is 13.7. The SMILES string of the molecule is COCC(C)(C)n1c(CCl)nc2c(F)cccc21. The predicted molar refractivity (Wildman–Crippen MR) is 70.4 cm³/mol. The highest BCUT2D eigenvalue weighted by Crippen LogP contribution is 2.27. The summed E-state index contributed by atoms with van der Waals surface area (Å²) in [5.41, 5.74) is 0.770. The lowest BCUT2D eigenvalue weighted by Gasteiger charge is -2.28. The van der Waals surface area contributed by atoms with Crippen LogP contribution in [-0.4, -0.2) is 23.3 Å². The number of hydrogen-bond acceptors (Lipinski definition) is 2. The van der Waals surface area contributed by atoms with Crippen LogP contribution in [0.25, 0.3) is 11.0 Å². The summed E-state index contributed by atoms with van der Waals surface area (Å²) >= 11 is 5.92. The molecule has 0 radical (unpaired) electrons. The molecule has 0 spiro atoms. The minimum atomic E-state index is -0.332. The number of alkyl halides is 1. The number of rotatable bonds is 4. The van der Waals surface area contributed by atoms with Crippen molar-refractivity contribution in [1.29, 1.82) is 0 Å². The topological polar surface area (TPSA) is 27.1 Å². The highest BCUT2D eigenvalue weighted by molar-refractivity contribution is 6.16. The van der Waals surface area contributed by atoms with Gasteiger partial charge in [-0.2, -0.15) is 0 Å². The van der Waals surface area contributed by atoms with E-state index in [-0.39, 0.29) is 17.2 Å². The van der Waals surface area contributed by atoms with Gasteiger partial charge in [0.25, 0.3) is 0 Å². The zero-order chi connectivity index (χ0) is 13.3. The molecule has 3 nitrogen and oxygen atoms in total. The van der Waals surface area contributed by atoms with E-state index in [1.165, 1.54) is 6.07 Å². The normalized spacial score (nSPS) is 12.3. The molecule has 0 atom stereocenters. The Kier molecular flexibility index (Phi) is 3.59. The summed E-state index contributed by atoms with van der Waals surface area (Å²) in [6, 6.07) is 4.93. The average Bonchev–Trinajstić information content (AvgIpc) is 2.69. The summed E-state index contributed by atoms with van der Waals surface area (Å²) in [5.74, 6) is 0.561. The summed E-state index contributed by atoms with van der Waals surface area (Å²) < 4.78 is 20.9. The quantitative estimate of drug-likeness (QED) is 0.797. The molecule has 0 unspecified atom stereocenters. The first-order chi connectivity index (χ1) is 8.51. The fourth-order valence-electron chi connectivity index (χ4n) is 2.30. The van der Waals surface area contributed by atoms with Gasteiger partial charge in [0.05, 0.1) is 23.5 Å². The Morgan fingerprint density at radius 3 is 2.78 bits per heavy atom. The largest absolute Gasteiger partial charge is 0.382 e. The van der Waals surface area contributed by atoms with Crippen LogP contribution < -0.4 is 0 Å². The molecule has 0 aliphatic heterocycles. The van der Waals surface area contributed by atoms with Crippen LogP contribution in [0.1, 0.15) is 19.7 Å². The molecule has 0 N–H and O–H groups in total. The highest BCUT2D eigenvalue weighted by Gasteiger charge is 2.26. The van der Waals surface area contributed by atoms with Crippen LogP contribution in [0.3, 0.4) is 0 Å². The van der Waals surface area contributed by atoms with Crippen molar-refractivity contribution in [3.8, 4) is 0 Å². The zero-order valence-electron chi connectivity index (χ0n) is 10.7. The summed E-state index contributed by atoms with van der Waals surface area (Å²) in [6.45, 7) is 4.52. The number of methoxy groups -OCH3 is 1. The van der Waals surface area contributed by atoms with Gasteiger partial charge in [-0.05, 0) is 26.0 Å².